The quantitative estimate of drug-likeness (QED) is 0.521. The maximum Gasteiger partial charge on any atom is 0.261 e. The molecule has 28 heavy (non-hydrogen) atoms. The van der Waals surface area contributed by atoms with E-state index in [1.54, 1.807) is 24.3 Å². The number of phenolic OH excluding ortho intramolecular Hbond substituents is 1. The summed E-state index contributed by atoms with van der Waals surface area (Å²) in [5.74, 6) is 0.763. The fourth-order valence-electron chi connectivity index (χ4n) is 2.26. The van der Waals surface area contributed by atoms with E-state index < -0.39 is 5.91 Å². The lowest BCUT2D eigenvalue weighted by molar-refractivity contribution is 0.0975. The van der Waals surface area contributed by atoms with Gasteiger partial charge < -0.3 is 15.2 Å². The summed E-state index contributed by atoms with van der Waals surface area (Å²) in [4.78, 5) is 12.2. The summed E-state index contributed by atoms with van der Waals surface area (Å²) in [6.07, 6.45) is 0. The first kappa shape index (κ1) is 20.9. The molecule has 0 atom stereocenters. The van der Waals surface area contributed by atoms with Crippen LogP contribution in [0.2, 0.25) is 0 Å². The molecule has 0 bridgehead atoms. The van der Waals surface area contributed by atoms with Gasteiger partial charge in [0, 0.05) is 11.8 Å². The Balaban J connectivity index is 0.00000136. The molecule has 0 aliphatic heterocycles. The van der Waals surface area contributed by atoms with Crippen molar-refractivity contribution in [2.45, 2.75) is 13.8 Å². The maximum atomic E-state index is 12.2. The first-order chi connectivity index (χ1) is 13.6. The fraction of sp³-hybridized carbons (Fsp3) is 0.0909. The average molecular weight is 394 g/mol. The summed E-state index contributed by atoms with van der Waals surface area (Å²) in [6.45, 7) is 4.00. The van der Waals surface area contributed by atoms with Gasteiger partial charge in [0.2, 0.25) is 0 Å². The average Bonchev–Trinajstić information content (AvgIpc) is 2.71. The molecule has 3 aromatic rings. The molecular weight excluding hydrogens is 372 g/mol. The van der Waals surface area contributed by atoms with Crippen LogP contribution in [-0.2, 0) is 0 Å². The predicted molar refractivity (Wildman–Crippen MR) is 116 cm³/mol. The molecule has 0 spiro atoms. The second-order valence-corrected chi connectivity index (χ2v) is 5.78. The molecule has 0 radical (unpaired) electrons. The molecular formula is C22H22N2O3S. The van der Waals surface area contributed by atoms with E-state index in [1.807, 2.05) is 56.3 Å². The van der Waals surface area contributed by atoms with Crippen LogP contribution in [0.1, 0.15) is 24.2 Å². The number of para-hydroxylation sites is 2. The molecule has 0 unspecified atom stereocenters. The standard InChI is InChI=1S/C20H16N2O3S.C2H6/c23-18-12-5-4-11-17(18)19(24)22-20(26)21-14-7-6-10-16(13-14)25-15-8-2-1-3-9-15;1-2/h1-13,23H,(H2,21,22,24,26);1-2H3. The third-order valence-electron chi connectivity index (χ3n) is 3.45. The zero-order valence-corrected chi connectivity index (χ0v) is 16.5. The molecule has 0 aliphatic carbocycles. The SMILES string of the molecule is CC.O=C(NC(=S)Nc1cccc(Oc2ccccc2)c1)c1ccccc1O. The van der Waals surface area contributed by atoms with Crippen molar-refractivity contribution in [2.24, 2.45) is 0 Å². The topological polar surface area (TPSA) is 70.6 Å². The number of rotatable bonds is 4. The third kappa shape index (κ3) is 6.10. The van der Waals surface area contributed by atoms with E-state index in [1.165, 1.54) is 12.1 Å². The van der Waals surface area contributed by atoms with Crippen LogP contribution in [0.25, 0.3) is 0 Å². The lowest BCUT2D eigenvalue weighted by atomic mass is 10.2. The van der Waals surface area contributed by atoms with E-state index in [4.69, 9.17) is 17.0 Å². The van der Waals surface area contributed by atoms with Gasteiger partial charge in [0.15, 0.2) is 5.11 Å². The maximum absolute atomic E-state index is 12.2. The van der Waals surface area contributed by atoms with Crippen molar-refractivity contribution < 1.29 is 14.6 Å². The van der Waals surface area contributed by atoms with Crippen molar-refractivity contribution in [3.05, 3.63) is 84.4 Å². The highest BCUT2D eigenvalue weighted by Crippen LogP contribution is 2.23. The number of anilines is 1. The Morgan fingerprint density at radius 3 is 2.25 bits per heavy atom. The molecule has 6 heteroatoms. The van der Waals surface area contributed by atoms with E-state index in [0.717, 1.165) is 5.75 Å². The number of carbonyl (C=O) groups is 1. The lowest BCUT2D eigenvalue weighted by Gasteiger charge is -2.12. The van der Waals surface area contributed by atoms with Crippen LogP contribution in [0, 0.1) is 0 Å². The summed E-state index contributed by atoms with van der Waals surface area (Å²) in [6, 6.07) is 22.9. The van der Waals surface area contributed by atoms with Gasteiger partial charge in [-0.1, -0.05) is 50.2 Å². The minimum atomic E-state index is -0.489. The van der Waals surface area contributed by atoms with Crippen molar-refractivity contribution >= 4 is 28.9 Å². The number of thiocarbonyl (C=S) groups is 1. The number of phenols is 1. The first-order valence-corrected chi connectivity index (χ1v) is 9.26. The van der Waals surface area contributed by atoms with Gasteiger partial charge in [-0.3, -0.25) is 10.1 Å². The molecule has 0 saturated carbocycles. The van der Waals surface area contributed by atoms with Gasteiger partial charge in [-0.2, -0.15) is 0 Å². The van der Waals surface area contributed by atoms with Crippen LogP contribution in [0.5, 0.6) is 17.2 Å². The summed E-state index contributed by atoms with van der Waals surface area (Å²) in [7, 11) is 0. The Morgan fingerprint density at radius 1 is 0.893 bits per heavy atom. The van der Waals surface area contributed by atoms with Gasteiger partial charge in [0.1, 0.15) is 17.2 Å². The van der Waals surface area contributed by atoms with Crippen LogP contribution in [-0.4, -0.2) is 16.1 Å². The van der Waals surface area contributed by atoms with E-state index in [0.29, 0.717) is 11.4 Å². The molecule has 3 N–H and O–H groups in total. The van der Waals surface area contributed by atoms with Crippen LogP contribution in [0.4, 0.5) is 5.69 Å². The monoisotopic (exact) mass is 394 g/mol. The van der Waals surface area contributed by atoms with Crippen molar-refractivity contribution in [1.29, 1.82) is 0 Å². The molecule has 3 rings (SSSR count). The number of nitrogens with one attached hydrogen (secondary N) is 2. The molecule has 0 fully saturated rings. The lowest BCUT2D eigenvalue weighted by Crippen LogP contribution is -2.34. The number of aromatic hydroxyl groups is 1. The third-order valence-corrected chi connectivity index (χ3v) is 3.65. The number of benzene rings is 3. The largest absolute Gasteiger partial charge is 0.507 e. The van der Waals surface area contributed by atoms with Gasteiger partial charge in [0.05, 0.1) is 5.56 Å². The van der Waals surface area contributed by atoms with Crippen molar-refractivity contribution in [2.75, 3.05) is 5.32 Å². The van der Waals surface area contributed by atoms with Gasteiger partial charge in [-0.15, -0.1) is 0 Å². The van der Waals surface area contributed by atoms with Gasteiger partial charge in [-0.25, -0.2) is 0 Å². The Kier molecular flexibility index (Phi) is 7.99. The van der Waals surface area contributed by atoms with Crippen molar-refractivity contribution in [3.63, 3.8) is 0 Å². The van der Waals surface area contributed by atoms with Crippen LogP contribution in [0.15, 0.2) is 78.9 Å². The Labute approximate surface area is 170 Å². The number of ether oxygens (including phenoxy) is 1. The minimum absolute atomic E-state index is 0.106. The Morgan fingerprint density at radius 2 is 1.54 bits per heavy atom. The molecule has 0 heterocycles. The Bertz CT molecular complexity index is 930. The molecule has 0 saturated heterocycles. The number of hydrogen-bond donors (Lipinski definition) is 3. The highest BCUT2D eigenvalue weighted by Gasteiger charge is 2.12. The summed E-state index contributed by atoms with van der Waals surface area (Å²) < 4.78 is 5.76. The summed E-state index contributed by atoms with van der Waals surface area (Å²) in [5, 5.41) is 15.3. The van der Waals surface area contributed by atoms with Crippen LogP contribution >= 0.6 is 12.2 Å². The first-order valence-electron chi connectivity index (χ1n) is 8.85. The minimum Gasteiger partial charge on any atom is -0.507 e. The van der Waals surface area contributed by atoms with Gasteiger partial charge in [-0.05, 0) is 48.6 Å². The fourth-order valence-corrected chi connectivity index (χ4v) is 2.47. The van der Waals surface area contributed by atoms with Crippen molar-refractivity contribution in [1.82, 2.24) is 5.32 Å². The molecule has 5 nitrogen and oxygen atoms in total. The highest BCUT2D eigenvalue weighted by molar-refractivity contribution is 7.80. The number of carbonyl (C=O) groups excluding carboxylic acids is 1. The van der Waals surface area contributed by atoms with E-state index in [-0.39, 0.29) is 16.4 Å². The van der Waals surface area contributed by atoms with Crippen LogP contribution < -0.4 is 15.4 Å². The predicted octanol–water partition coefficient (Wildman–Crippen LogP) is 5.34. The molecule has 3 aromatic carbocycles. The van der Waals surface area contributed by atoms with Crippen molar-refractivity contribution in [3.8, 4) is 17.2 Å². The zero-order valence-electron chi connectivity index (χ0n) is 15.7. The molecule has 0 aliphatic rings. The zero-order chi connectivity index (χ0) is 20.4. The number of amides is 1. The second kappa shape index (κ2) is 10.7. The molecule has 0 aromatic heterocycles. The summed E-state index contributed by atoms with van der Waals surface area (Å²) in [5.41, 5.74) is 0.818. The van der Waals surface area contributed by atoms with E-state index in [9.17, 15) is 9.90 Å². The highest BCUT2D eigenvalue weighted by atomic mass is 32.1. The van der Waals surface area contributed by atoms with Gasteiger partial charge >= 0.3 is 0 Å². The number of hydrogen-bond acceptors (Lipinski definition) is 4. The van der Waals surface area contributed by atoms with Gasteiger partial charge in [0.25, 0.3) is 5.91 Å². The smallest absolute Gasteiger partial charge is 0.261 e. The van der Waals surface area contributed by atoms with E-state index >= 15 is 0 Å². The summed E-state index contributed by atoms with van der Waals surface area (Å²) >= 11 is 5.16. The molecule has 144 valence electrons. The van der Waals surface area contributed by atoms with Crippen LogP contribution in [0.3, 0.4) is 0 Å². The second-order valence-electron chi connectivity index (χ2n) is 5.37. The molecule has 1 amide bonds. The van der Waals surface area contributed by atoms with E-state index in [2.05, 4.69) is 10.6 Å². The normalized spacial score (nSPS) is 9.50. The Hall–Kier alpha value is -3.38.